The number of hydrogen-bond donors (Lipinski definition) is 1. The lowest BCUT2D eigenvalue weighted by Crippen LogP contribution is -2.39. The van der Waals surface area contributed by atoms with Crippen molar-refractivity contribution < 1.29 is 9.59 Å². The minimum absolute atomic E-state index is 0.0241. The molecule has 1 saturated carbocycles. The van der Waals surface area contributed by atoms with Crippen LogP contribution in [0.15, 0.2) is 41.2 Å². The molecule has 0 radical (unpaired) electrons. The van der Waals surface area contributed by atoms with E-state index in [0.29, 0.717) is 0 Å². The zero-order valence-corrected chi connectivity index (χ0v) is 18.2. The number of fused-ring (bicyclic) bond motifs is 1. The lowest BCUT2D eigenvalue weighted by Gasteiger charge is -2.26. The highest BCUT2D eigenvalue weighted by Crippen LogP contribution is 2.32. The van der Waals surface area contributed by atoms with Crippen molar-refractivity contribution >= 4 is 17.5 Å². The van der Waals surface area contributed by atoms with Gasteiger partial charge >= 0.3 is 0 Å². The summed E-state index contributed by atoms with van der Waals surface area (Å²) in [4.78, 5) is 39.5. The Hall–Kier alpha value is -2.96. The quantitative estimate of drug-likeness (QED) is 0.803. The Balaban J connectivity index is 1.42. The predicted molar refractivity (Wildman–Crippen MR) is 119 cm³/mol. The summed E-state index contributed by atoms with van der Waals surface area (Å²) in [5, 5.41) is 7.36. The molecule has 0 bridgehead atoms. The number of para-hydroxylation sites is 1. The summed E-state index contributed by atoms with van der Waals surface area (Å²) in [7, 11) is 0. The Morgan fingerprint density at radius 1 is 1.06 bits per heavy atom. The third kappa shape index (κ3) is 4.70. The highest BCUT2D eigenvalue weighted by Gasteiger charge is 2.32. The van der Waals surface area contributed by atoms with Gasteiger partial charge < -0.3 is 10.2 Å². The molecule has 1 fully saturated rings. The Bertz CT molecular complexity index is 1020. The van der Waals surface area contributed by atoms with Gasteiger partial charge in [-0.25, -0.2) is 4.68 Å². The number of carbonyl (C=O) groups excluding carboxylic acids is 2. The molecule has 31 heavy (non-hydrogen) atoms. The molecule has 0 unspecified atom stereocenters. The molecule has 7 nitrogen and oxygen atoms in total. The molecule has 4 rings (SSSR count). The molecule has 2 aromatic rings. The molecule has 0 spiro atoms. The first kappa shape index (κ1) is 21.3. The molecule has 7 heteroatoms. The van der Waals surface area contributed by atoms with Crippen LogP contribution in [0.5, 0.6) is 0 Å². The lowest BCUT2D eigenvalue weighted by molar-refractivity contribution is -0.122. The molecule has 2 amide bonds. The fraction of sp³-hybridized carbons (Fsp3) is 0.500. The first-order valence-electron chi connectivity index (χ1n) is 11.2. The maximum absolute atomic E-state index is 13.2. The van der Waals surface area contributed by atoms with E-state index in [9.17, 15) is 14.4 Å². The van der Waals surface area contributed by atoms with Crippen molar-refractivity contribution in [3.05, 3.63) is 58.0 Å². The third-order valence-electron chi connectivity index (χ3n) is 6.44. The summed E-state index contributed by atoms with van der Waals surface area (Å²) in [6.07, 6.45) is 5.23. The lowest BCUT2D eigenvalue weighted by atomic mass is 9.87. The Kier molecular flexibility index (Phi) is 6.20. The van der Waals surface area contributed by atoms with Crippen LogP contribution in [-0.2, 0) is 17.8 Å². The van der Waals surface area contributed by atoms with Gasteiger partial charge in [-0.3, -0.25) is 14.4 Å². The fourth-order valence-electron chi connectivity index (χ4n) is 4.63. The van der Waals surface area contributed by atoms with E-state index in [1.54, 1.807) is 4.90 Å². The number of amides is 2. The zero-order valence-electron chi connectivity index (χ0n) is 18.2. The number of aryl methyl sites for hydroxylation is 1. The van der Waals surface area contributed by atoms with Crippen molar-refractivity contribution in [1.29, 1.82) is 0 Å². The van der Waals surface area contributed by atoms with Crippen LogP contribution >= 0.6 is 0 Å². The molecule has 2 heterocycles. The van der Waals surface area contributed by atoms with E-state index in [4.69, 9.17) is 0 Å². The average molecular weight is 423 g/mol. The molecule has 1 aromatic heterocycles. The number of nitrogens with zero attached hydrogens (tertiary/aromatic N) is 3. The van der Waals surface area contributed by atoms with Gasteiger partial charge in [-0.1, -0.05) is 25.1 Å². The van der Waals surface area contributed by atoms with Gasteiger partial charge in [0.1, 0.15) is 5.69 Å². The monoisotopic (exact) mass is 422 g/mol. The molecular formula is C24H30N4O3. The Labute approximate surface area is 182 Å². The Morgan fingerprint density at radius 2 is 1.81 bits per heavy atom. The van der Waals surface area contributed by atoms with E-state index in [0.717, 1.165) is 49.3 Å². The van der Waals surface area contributed by atoms with Crippen LogP contribution in [0, 0.1) is 5.92 Å². The number of aromatic nitrogens is 2. The number of nitrogens with one attached hydrogen (secondary N) is 1. The molecule has 1 aliphatic heterocycles. The summed E-state index contributed by atoms with van der Waals surface area (Å²) in [5.74, 6) is 0.417. The van der Waals surface area contributed by atoms with Gasteiger partial charge in [-0.2, -0.15) is 5.10 Å². The summed E-state index contributed by atoms with van der Waals surface area (Å²) >= 11 is 0. The van der Waals surface area contributed by atoms with Crippen LogP contribution in [0.3, 0.4) is 0 Å². The average Bonchev–Trinajstić information content (AvgIpc) is 3.10. The predicted octanol–water partition coefficient (Wildman–Crippen LogP) is 2.92. The topological polar surface area (TPSA) is 84.3 Å². The van der Waals surface area contributed by atoms with Crippen LogP contribution in [0.4, 0.5) is 5.69 Å². The van der Waals surface area contributed by atoms with Gasteiger partial charge in [-0.15, -0.1) is 0 Å². The number of carbonyl (C=O) groups is 2. The van der Waals surface area contributed by atoms with E-state index < -0.39 is 0 Å². The van der Waals surface area contributed by atoms with Crippen LogP contribution in [0.25, 0.3) is 0 Å². The largest absolute Gasteiger partial charge is 0.353 e. The second kappa shape index (κ2) is 9.04. The van der Waals surface area contributed by atoms with Gasteiger partial charge in [0, 0.05) is 30.3 Å². The number of rotatable bonds is 5. The molecule has 0 saturated heterocycles. The SMILES string of the molecule is CC1CCC(NC(=O)CCn2nc(C(=O)N3c4ccccc4C[C@H]3C)ccc2=O)CC1. The normalized spacial score (nSPS) is 22.8. The number of hydrogen-bond acceptors (Lipinski definition) is 4. The van der Waals surface area contributed by atoms with Crippen molar-refractivity contribution in [2.75, 3.05) is 4.90 Å². The maximum Gasteiger partial charge on any atom is 0.278 e. The van der Waals surface area contributed by atoms with E-state index in [1.165, 1.54) is 16.8 Å². The molecule has 1 aromatic carbocycles. The second-order valence-corrected chi connectivity index (χ2v) is 8.91. The first-order chi connectivity index (χ1) is 14.9. The van der Waals surface area contributed by atoms with Crippen molar-refractivity contribution in [3.63, 3.8) is 0 Å². The molecular weight excluding hydrogens is 392 g/mol. The maximum atomic E-state index is 13.2. The van der Waals surface area contributed by atoms with Crippen molar-refractivity contribution in [1.82, 2.24) is 15.1 Å². The van der Waals surface area contributed by atoms with Crippen molar-refractivity contribution in [3.8, 4) is 0 Å². The number of anilines is 1. The van der Waals surface area contributed by atoms with Crippen molar-refractivity contribution in [2.24, 2.45) is 5.92 Å². The molecule has 1 N–H and O–H groups in total. The molecule has 164 valence electrons. The standard InChI is InChI=1S/C24H30N4O3/c1-16-7-9-19(10-8-16)25-22(29)13-14-27-23(30)12-11-20(26-27)24(31)28-17(2)15-18-5-3-4-6-21(18)28/h3-6,11-12,16-17,19H,7-10,13-15H2,1-2H3,(H,25,29)/t16?,17-,19?/m1/s1. The van der Waals surface area contributed by atoms with Crippen LogP contribution < -0.4 is 15.8 Å². The second-order valence-electron chi connectivity index (χ2n) is 8.91. The summed E-state index contributed by atoms with van der Waals surface area (Å²) in [6.45, 7) is 4.40. The first-order valence-corrected chi connectivity index (χ1v) is 11.2. The zero-order chi connectivity index (χ0) is 22.0. The van der Waals surface area contributed by atoms with Gasteiger partial charge in [0.25, 0.3) is 11.5 Å². The van der Waals surface area contributed by atoms with E-state index >= 15 is 0 Å². The number of benzene rings is 1. The smallest absolute Gasteiger partial charge is 0.278 e. The minimum atomic E-state index is -0.314. The van der Waals surface area contributed by atoms with Crippen LogP contribution in [-0.4, -0.2) is 33.7 Å². The van der Waals surface area contributed by atoms with Crippen molar-refractivity contribution in [2.45, 2.75) is 71.0 Å². The molecule has 2 aliphatic rings. The van der Waals surface area contributed by atoms with Gasteiger partial charge in [0.05, 0.1) is 6.54 Å². The fourth-order valence-corrected chi connectivity index (χ4v) is 4.63. The Morgan fingerprint density at radius 3 is 2.58 bits per heavy atom. The summed E-state index contributed by atoms with van der Waals surface area (Å²) in [6, 6.07) is 10.9. The molecule has 1 atom stereocenters. The van der Waals surface area contributed by atoms with E-state index in [-0.39, 0.29) is 48.1 Å². The highest BCUT2D eigenvalue weighted by atomic mass is 16.2. The van der Waals surface area contributed by atoms with Gasteiger partial charge in [0.2, 0.25) is 5.91 Å². The third-order valence-corrected chi connectivity index (χ3v) is 6.44. The van der Waals surface area contributed by atoms with E-state index in [2.05, 4.69) is 17.3 Å². The summed E-state index contributed by atoms with van der Waals surface area (Å²) < 4.78 is 1.22. The van der Waals surface area contributed by atoms with Gasteiger partial charge in [-0.05, 0) is 62.6 Å². The van der Waals surface area contributed by atoms with Crippen LogP contribution in [0.2, 0.25) is 0 Å². The summed E-state index contributed by atoms with van der Waals surface area (Å²) in [5.41, 5.74) is 1.92. The van der Waals surface area contributed by atoms with E-state index in [1.807, 2.05) is 31.2 Å². The van der Waals surface area contributed by atoms with Gasteiger partial charge in [0.15, 0.2) is 0 Å². The minimum Gasteiger partial charge on any atom is -0.353 e. The molecule has 1 aliphatic carbocycles. The van der Waals surface area contributed by atoms with Crippen LogP contribution in [0.1, 0.15) is 62.0 Å². The highest BCUT2D eigenvalue weighted by molar-refractivity contribution is 6.06.